The van der Waals surface area contributed by atoms with Crippen molar-refractivity contribution < 1.29 is 4.79 Å². The van der Waals surface area contributed by atoms with E-state index in [1.807, 2.05) is 48.7 Å². The highest BCUT2D eigenvalue weighted by atomic mass is 32.2. The molecule has 0 aliphatic rings. The Kier molecular flexibility index (Phi) is 5.63. The second-order valence-corrected chi connectivity index (χ2v) is 5.47. The molecule has 0 fully saturated rings. The van der Waals surface area contributed by atoms with Crippen molar-refractivity contribution in [3.8, 4) is 0 Å². The Hall–Kier alpha value is -2.01. The van der Waals surface area contributed by atoms with Gasteiger partial charge in [-0.2, -0.15) is 0 Å². The molecule has 0 saturated heterocycles. The molecule has 0 aliphatic heterocycles. The first kappa shape index (κ1) is 15.4. The van der Waals surface area contributed by atoms with Crippen molar-refractivity contribution in [2.45, 2.75) is 11.3 Å². The summed E-state index contributed by atoms with van der Waals surface area (Å²) in [6.45, 7) is 0.629. The van der Waals surface area contributed by atoms with Gasteiger partial charge in [-0.1, -0.05) is 18.2 Å². The first-order valence-electron chi connectivity index (χ1n) is 6.75. The normalized spacial score (nSPS) is 10.2. The summed E-state index contributed by atoms with van der Waals surface area (Å²) in [5.74, 6) is 0. The monoisotopic (exact) mass is 301 g/mol. The number of nitrogens with one attached hydrogen (secondary N) is 1. The topological polar surface area (TPSA) is 45.2 Å². The number of thioether (sulfide) groups is 1. The Morgan fingerprint density at radius 2 is 2.00 bits per heavy atom. The molecule has 5 heteroatoms. The Balaban J connectivity index is 1.90. The van der Waals surface area contributed by atoms with Crippen LogP contribution in [0.25, 0.3) is 0 Å². The molecule has 110 valence electrons. The first-order chi connectivity index (χ1) is 10.2. The standard InChI is InChI=1S/C16H19N3OS/c1-19(12-10-13-7-5-6-11-17-13)16(20)18-14-8-3-4-9-15(14)21-2/h3-9,11H,10,12H2,1-2H3,(H,18,20). The molecule has 0 atom stereocenters. The number of rotatable bonds is 5. The molecule has 1 heterocycles. The van der Waals surface area contributed by atoms with Crippen molar-refractivity contribution in [1.82, 2.24) is 9.88 Å². The van der Waals surface area contributed by atoms with Gasteiger partial charge < -0.3 is 10.2 Å². The molecule has 1 aromatic heterocycles. The summed E-state index contributed by atoms with van der Waals surface area (Å²) in [5.41, 5.74) is 1.83. The SMILES string of the molecule is CSc1ccccc1NC(=O)N(C)CCc1ccccn1. The van der Waals surface area contributed by atoms with Crippen LogP contribution in [0.4, 0.5) is 10.5 Å². The number of aromatic nitrogens is 1. The van der Waals surface area contributed by atoms with Crippen molar-refractivity contribution in [2.75, 3.05) is 25.2 Å². The third kappa shape index (κ3) is 4.49. The number of pyridine rings is 1. The van der Waals surface area contributed by atoms with E-state index in [1.165, 1.54) is 0 Å². The predicted octanol–water partition coefficient (Wildman–Crippen LogP) is 3.51. The summed E-state index contributed by atoms with van der Waals surface area (Å²) in [7, 11) is 1.79. The summed E-state index contributed by atoms with van der Waals surface area (Å²) in [4.78, 5) is 19.2. The number of benzene rings is 1. The lowest BCUT2D eigenvalue weighted by atomic mass is 10.2. The van der Waals surface area contributed by atoms with Gasteiger partial charge in [0, 0.05) is 36.8 Å². The molecule has 0 unspecified atom stereocenters. The lowest BCUT2D eigenvalue weighted by molar-refractivity contribution is 0.223. The molecule has 1 N–H and O–H groups in total. The van der Waals surface area contributed by atoms with E-state index in [-0.39, 0.29) is 6.03 Å². The minimum atomic E-state index is -0.104. The summed E-state index contributed by atoms with van der Waals surface area (Å²) >= 11 is 1.62. The zero-order chi connectivity index (χ0) is 15.1. The Morgan fingerprint density at radius 3 is 2.71 bits per heavy atom. The number of carbonyl (C=O) groups excluding carboxylic acids is 1. The highest BCUT2D eigenvalue weighted by Crippen LogP contribution is 2.24. The van der Waals surface area contributed by atoms with Gasteiger partial charge >= 0.3 is 6.03 Å². The fourth-order valence-electron chi connectivity index (χ4n) is 1.89. The van der Waals surface area contributed by atoms with Gasteiger partial charge in [0.2, 0.25) is 0 Å². The van der Waals surface area contributed by atoms with Crippen molar-refractivity contribution in [3.05, 3.63) is 54.4 Å². The lowest BCUT2D eigenvalue weighted by Crippen LogP contribution is -2.33. The van der Waals surface area contributed by atoms with Crippen LogP contribution < -0.4 is 5.32 Å². The second kappa shape index (κ2) is 7.69. The summed E-state index contributed by atoms with van der Waals surface area (Å²) in [6.07, 6.45) is 4.51. The van der Waals surface area contributed by atoms with E-state index in [0.29, 0.717) is 6.54 Å². The Morgan fingerprint density at radius 1 is 1.24 bits per heavy atom. The highest BCUT2D eigenvalue weighted by Gasteiger charge is 2.10. The fourth-order valence-corrected chi connectivity index (χ4v) is 2.44. The Bertz CT molecular complexity index is 589. The maximum Gasteiger partial charge on any atom is 0.321 e. The number of para-hydroxylation sites is 1. The molecule has 2 amide bonds. The van der Waals surface area contributed by atoms with Crippen LogP contribution in [0.3, 0.4) is 0 Å². The number of anilines is 1. The number of amides is 2. The van der Waals surface area contributed by atoms with E-state index in [0.717, 1.165) is 22.7 Å². The minimum absolute atomic E-state index is 0.104. The maximum atomic E-state index is 12.2. The highest BCUT2D eigenvalue weighted by molar-refractivity contribution is 7.98. The van der Waals surface area contributed by atoms with Crippen LogP contribution in [-0.2, 0) is 6.42 Å². The van der Waals surface area contributed by atoms with Crippen molar-refractivity contribution >= 4 is 23.5 Å². The molecular formula is C16H19N3OS. The average Bonchev–Trinajstić information content (AvgIpc) is 2.54. The van der Waals surface area contributed by atoms with Crippen LogP contribution in [-0.4, -0.2) is 35.8 Å². The van der Waals surface area contributed by atoms with Crippen LogP contribution in [0.1, 0.15) is 5.69 Å². The van der Waals surface area contributed by atoms with E-state index in [2.05, 4.69) is 10.3 Å². The molecular weight excluding hydrogens is 282 g/mol. The van der Waals surface area contributed by atoms with E-state index >= 15 is 0 Å². The van der Waals surface area contributed by atoms with Crippen molar-refractivity contribution in [2.24, 2.45) is 0 Å². The van der Waals surface area contributed by atoms with Crippen LogP contribution >= 0.6 is 11.8 Å². The van der Waals surface area contributed by atoms with Gasteiger partial charge in [0.1, 0.15) is 0 Å². The molecule has 0 radical (unpaired) electrons. The van der Waals surface area contributed by atoms with Gasteiger partial charge in [0.25, 0.3) is 0 Å². The van der Waals surface area contributed by atoms with Crippen LogP contribution in [0.15, 0.2) is 53.6 Å². The lowest BCUT2D eigenvalue weighted by Gasteiger charge is -2.18. The van der Waals surface area contributed by atoms with Gasteiger partial charge in [-0.25, -0.2) is 4.79 Å². The first-order valence-corrected chi connectivity index (χ1v) is 7.98. The zero-order valence-corrected chi connectivity index (χ0v) is 13.1. The van der Waals surface area contributed by atoms with Gasteiger partial charge in [-0.15, -0.1) is 11.8 Å². The zero-order valence-electron chi connectivity index (χ0n) is 12.2. The number of carbonyl (C=O) groups is 1. The van der Waals surface area contributed by atoms with E-state index in [9.17, 15) is 4.79 Å². The Labute approximate surface area is 129 Å². The fraction of sp³-hybridized carbons (Fsp3) is 0.250. The predicted molar refractivity (Wildman–Crippen MR) is 87.8 cm³/mol. The van der Waals surface area contributed by atoms with E-state index in [4.69, 9.17) is 0 Å². The molecule has 4 nitrogen and oxygen atoms in total. The molecule has 0 aliphatic carbocycles. The average molecular weight is 301 g/mol. The van der Waals surface area contributed by atoms with Crippen molar-refractivity contribution in [3.63, 3.8) is 0 Å². The largest absolute Gasteiger partial charge is 0.327 e. The van der Waals surface area contributed by atoms with Crippen LogP contribution in [0, 0.1) is 0 Å². The second-order valence-electron chi connectivity index (χ2n) is 4.62. The van der Waals surface area contributed by atoms with Crippen molar-refractivity contribution in [1.29, 1.82) is 0 Å². The number of hydrogen-bond donors (Lipinski definition) is 1. The van der Waals surface area contributed by atoms with Crippen LogP contribution in [0.5, 0.6) is 0 Å². The third-order valence-electron chi connectivity index (χ3n) is 3.12. The summed E-state index contributed by atoms with van der Waals surface area (Å²) in [6, 6.07) is 13.5. The smallest absolute Gasteiger partial charge is 0.321 e. The van der Waals surface area contributed by atoms with Gasteiger partial charge in [0.05, 0.1) is 5.69 Å². The third-order valence-corrected chi connectivity index (χ3v) is 3.92. The maximum absolute atomic E-state index is 12.2. The van der Waals surface area contributed by atoms with Gasteiger partial charge in [-0.05, 0) is 30.5 Å². The number of hydrogen-bond acceptors (Lipinski definition) is 3. The number of likely N-dealkylation sites (N-methyl/N-ethyl adjacent to an activating group) is 1. The summed E-state index contributed by atoms with van der Waals surface area (Å²) in [5, 5.41) is 2.94. The molecule has 2 aromatic rings. The molecule has 2 rings (SSSR count). The molecule has 0 bridgehead atoms. The summed E-state index contributed by atoms with van der Waals surface area (Å²) < 4.78 is 0. The number of nitrogens with zero attached hydrogens (tertiary/aromatic N) is 2. The molecule has 21 heavy (non-hydrogen) atoms. The van der Waals surface area contributed by atoms with Gasteiger partial charge in [-0.3, -0.25) is 4.98 Å². The molecule has 0 saturated carbocycles. The number of urea groups is 1. The molecule has 0 spiro atoms. The minimum Gasteiger partial charge on any atom is -0.327 e. The van der Waals surface area contributed by atoms with E-state index < -0.39 is 0 Å². The van der Waals surface area contributed by atoms with Gasteiger partial charge in [0.15, 0.2) is 0 Å². The molecule has 1 aromatic carbocycles. The van der Waals surface area contributed by atoms with Crippen LogP contribution in [0.2, 0.25) is 0 Å². The van der Waals surface area contributed by atoms with E-state index in [1.54, 1.807) is 29.9 Å². The quantitative estimate of drug-likeness (QED) is 0.860.